The lowest BCUT2D eigenvalue weighted by Gasteiger charge is -2.10. The molecule has 0 bridgehead atoms. The average molecular weight is 250 g/mol. The van der Waals surface area contributed by atoms with Crippen LogP contribution in [0.25, 0.3) is 0 Å². The van der Waals surface area contributed by atoms with Crippen LogP contribution in [0, 0.1) is 5.92 Å². The van der Waals surface area contributed by atoms with Crippen LogP contribution in [0.15, 0.2) is 35.5 Å². The van der Waals surface area contributed by atoms with Crippen LogP contribution in [0.1, 0.15) is 35.0 Å². The predicted octanol–water partition coefficient (Wildman–Crippen LogP) is 4.31. The fraction of sp³-hybridized carbons (Fsp3) is 0.357. The Bertz CT molecular complexity index is 470. The molecule has 1 aliphatic carbocycles. The highest BCUT2D eigenvalue weighted by atomic mass is 32.1. The second kappa shape index (κ2) is 5.41. The molecule has 1 heterocycles. The zero-order valence-electron chi connectivity index (χ0n) is 9.78. The van der Waals surface area contributed by atoms with Gasteiger partial charge in [0.15, 0.2) is 5.78 Å². The number of thiophene rings is 1. The Morgan fingerprint density at radius 3 is 3.18 bits per heavy atom. The number of allylic oxidation sites excluding steroid dienone is 4. The molecule has 1 aromatic rings. The van der Waals surface area contributed by atoms with Crippen molar-refractivity contribution in [1.29, 1.82) is 0 Å². The number of ketones is 1. The molecule has 0 saturated heterocycles. The van der Waals surface area contributed by atoms with Crippen LogP contribution in [-0.2, 0) is 6.42 Å². The summed E-state index contributed by atoms with van der Waals surface area (Å²) in [6.07, 6.45) is 7.62. The molecule has 0 saturated carbocycles. The average Bonchev–Trinajstić information content (AvgIpc) is 2.64. The first-order chi connectivity index (χ1) is 8.16. The summed E-state index contributed by atoms with van der Waals surface area (Å²) in [6.45, 7) is 1.60. The summed E-state index contributed by atoms with van der Waals surface area (Å²) < 4.78 is 13.0. The first-order valence-electron chi connectivity index (χ1n) is 5.78. The largest absolute Gasteiger partial charge is 0.294 e. The molecule has 0 amide bonds. The van der Waals surface area contributed by atoms with Crippen LogP contribution in [0.5, 0.6) is 0 Å². The Hall–Kier alpha value is -1.22. The molecule has 0 aliphatic heterocycles. The number of halogens is 1. The first kappa shape index (κ1) is 12.2. The van der Waals surface area contributed by atoms with Crippen molar-refractivity contribution < 1.29 is 9.18 Å². The Kier molecular flexibility index (Phi) is 3.89. The van der Waals surface area contributed by atoms with Crippen molar-refractivity contribution in [3.63, 3.8) is 0 Å². The lowest BCUT2D eigenvalue weighted by atomic mass is 9.95. The fourth-order valence-corrected chi connectivity index (χ4v) is 2.92. The summed E-state index contributed by atoms with van der Waals surface area (Å²) in [5, 5.41) is 1.95. The van der Waals surface area contributed by atoms with Gasteiger partial charge in [-0.3, -0.25) is 4.79 Å². The Morgan fingerprint density at radius 1 is 1.59 bits per heavy atom. The molecular formula is C14H15FOS. The molecule has 0 aromatic carbocycles. The van der Waals surface area contributed by atoms with Gasteiger partial charge in [-0.15, -0.1) is 11.3 Å². The zero-order chi connectivity index (χ0) is 12.3. The molecular weight excluding hydrogens is 235 g/mol. The standard InChI is InChI=1S/C14H15FOS/c1-10(16)14-12(7-8-17-14)9-11-3-2-4-13(15)6-5-11/h4-8,11H,2-3,9H2,1H3. The molecule has 1 unspecified atom stereocenters. The van der Waals surface area contributed by atoms with Crippen LogP contribution in [0.4, 0.5) is 4.39 Å². The molecule has 0 spiro atoms. The third kappa shape index (κ3) is 3.13. The van der Waals surface area contributed by atoms with Gasteiger partial charge >= 0.3 is 0 Å². The highest BCUT2D eigenvalue weighted by Crippen LogP contribution is 2.25. The number of hydrogen-bond acceptors (Lipinski definition) is 2. The van der Waals surface area contributed by atoms with Gasteiger partial charge in [0.25, 0.3) is 0 Å². The molecule has 0 fully saturated rings. The predicted molar refractivity (Wildman–Crippen MR) is 69.1 cm³/mol. The quantitative estimate of drug-likeness (QED) is 0.730. The van der Waals surface area contributed by atoms with Crippen molar-refractivity contribution in [2.45, 2.75) is 26.2 Å². The van der Waals surface area contributed by atoms with E-state index >= 15 is 0 Å². The van der Waals surface area contributed by atoms with E-state index in [2.05, 4.69) is 0 Å². The number of carbonyl (C=O) groups is 1. The maximum atomic E-state index is 13.0. The molecule has 0 N–H and O–H groups in total. The Balaban J connectivity index is 2.09. The van der Waals surface area contributed by atoms with Gasteiger partial charge < -0.3 is 0 Å². The third-order valence-electron chi connectivity index (χ3n) is 2.95. The molecule has 90 valence electrons. The Morgan fingerprint density at radius 2 is 2.41 bits per heavy atom. The van der Waals surface area contributed by atoms with Crippen molar-refractivity contribution in [3.8, 4) is 0 Å². The highest BCUT2D eigenvalue weighted by Gasteiger charge is 2.14. The van der Waals surface area contributed by atoms with Gasteiger partial charge in [0.1, 0.15) is 5.83 Å². The second-order valence-electron chi connectivity index (χ2n) is 4.32. The van der Waals surface area contributed by atoms with Crippen LogP contribution in [0.3, 0.4) is 0 Å². The van der Waals surface area contributed by atoms with Gasteiger partial charge in [-0.2, -0.15) is 0 Å². The van der Waals surface area contributed by atoms with Gasteiger partial charge in [-0.05, 0) is 61.3 Å². The van der Waals surface area contributed by atoms with Crippen molar-refractivity contribution in [3.05, 3.63) is 45.9 Å². The van der Waals surface area contributed by atoms with Gasteiger partial charge in [0.05, 0.1) is 4.88 Å². The second-order valence-corrected chi connectivity index (χ2v) is 5.24. The molecule has 1 aliphatic rings. The zero-order valence-corrected chi connectivity index (χ0v) is 10.6. The molecule has 17 heavy (non-hydrogen) atoms. The molecule has 1 atom stereocenters. The van der Waals surface area contributed by atoms with Gasteiger partial charge in [-0.1, -0.05) is 6.08 Å². The van der Waals surface area contributed by atoms with Crippen LogP contribution < -0.4 is 0 Å². The summed E-state index contributed by atoms with van der Waals surface area (Å²) in [4.78, 5) is 12.3. The van der Waals surface area contributed by atoms with Crippen LogP contribution in [-0.4, -0.2) is 5.78 Å². The fourth-order valence-electron chi connectivity index (χ4n) is 2.09. The van der Waals surface area contributed by atoms with E-state index in [4.69, 9.17) is 0 Å². The molecule has 1 nitrogen and oxygen atoms in total. The van der Waals surface area contributed by atoms with E-state index in [0.717, 1.165) is 29.7 Å². The van der Waals surface area contributed by atoms with E-state index in [1.807, 2.05) is 17.5 Å². The SMILES string of the molecule is CC(=O)c1sccc1CC1C=CC(F)=CCC1. The lowest BCUT2D eigenvalue weighted by molar-refractivity contribution is 0.102. The Labute approximate surface area is 105 Å². The van der Waals surface area contributed by atoms with E-state index in [1.54, 1.807) is 13.0 Å². The summed E-state index contributed by atoms with van der Waals surface area (Å²) in [5.41, 5.74) is 1.10. The van der Waals surface area contributed by atoms with Crippen molar-refractivity contribution in [1.82, 2.24) is 0 Å². The van der Waals surface area contributed by atoms with Gasteiger partial charge in [0, 0.05) is 0 Å². The van der Waals surface area contributed by atoms with E-state index in [9.17, 15) is 9.18 Å². The number of carbonyl (C=O) groups excluding carboxylic acids is 1. The third-order valence-corrected chi connectivity index (χ3v) is 4.01. The maximum absolute atomic E-state index is 13.0. The van der Waals surface area contributed by atoms with E-state index < -0.39 is 0 Å². The summed E-state index contributed by atoms with van der Waals surface area (Å²) in [7, 11) is 0. The smallest absolute Gasteiger partial charge is 0.169 e. The molecule has 1 aromatic heterocycles. The minimum absolute atomic E-state index is 0.122. The monoisotopic (exact) mass is 250 g/mol. The van der Waals surface area contributed by atoms with Gasteiger partial charge in [-0.25, -0.2) is 4.39 Å². The minimum Gasteiger partial charge on any atom is -0.294 e. The topological polar surface area (TPSA) is 17.1 Å². The van der Waals surface area contributed by atoms with Crippen molar-refractivity contribution in [2.75, 3.05) is 0 Å². The number of hydrogen-bond donors (Lipinski definition) is 0. The maximum Gasteiger partial charge on any atom is 0.169 e. The van der Waals surface area contributed by atoms with Crippen LogP contribution in [0.2, 0.25) is 0 Å². The molecule has 2 rings (SSSR count). The summed E-state index contributed by atoms with van der Waals surface area (Å²) in [6, 6.07) is 2.00. The minimum atomic E-state index is -0.149. The number of rotatable bonds is 3. The highest BCUT2D eigenvalue weighted by molar-refractivity contribution is 7.12. The normalized spacial score (nSPS) is 19.9. The summed E-state index contributed by atoms with van der Waals surface area (Å²) >= 11 is 1.49. The lowest BCUT2D eigenvalue weighted by Crippen LogP contribution is -2.03. The van der Waals surface area contributed by atoms with E-state index in [-0.39, 0.29) is 11.6 Å². The number of Topliss-reactive ketones (excluding diaryl/α,β-unsaturated/α-hetero) is 1. The molecule has 0 radical (unpaired) electrons. The van der Waals surface area contributed by atoms with Crippen LogP contribution >= 0.6 is 11.3 Å². The first-order valence-corrected chi connectivity index (χ1v) is 6.66. The molecule has 3 heteroatoms. The van der Waals surface area contributed by atoms with Gasteiger partial charge in [0.2, 0.25) is 0 Å². The van der Waals surface area contributed by atoms with E-state index in [0.29, 0.717) is 5.92 Å². The summed E-state index contributed by atoms with van der Waals surface area (Å²) in [5.74, 6) is 0.300. The van der Waals surface area contributed by atoms with Crippen molar-refractivity contribution >= 4 is 17.1 Å². The van der Waals surface area contributed by atoms with E-state index in [1.165, 1.54) is 17.4 Å². The van der Waals surface area contributed by atoms with Crippen molar-refractivity contribution in [2.24, 2.45) is 5.92 Å².